The van der Waals surface area contributed by atoms with Crippen LogP contribution in [0.15, 0.2) is 60.7 Å². The van der Waals surface area contributed by atoms with Crippen molar-refractivity contribution < 1.29 is 9.53 Å². The maximum atomic E-state index is 12.2. The Kier molecular flexibility index (Phi) is 6.29. The normalized spacial score (nSPS) is 15.0. The number of carbonyl (C=O) groups is 1. The minimum absolute atomic E-state index is 0.0176. The van der Waals surface area contributed by atoms with E-state index in [4.69, 9.17) is 4.74 Å². The number of carbonyl (C=O) groups excluding carboxylic acids is 1. The lowest BCUT2D eigenvalue weighted by Gasteiger charge is -2.34. The highest BCUT2D eigenvalue weighted by molar-refractivity contribution is 5.74. The molecule has 1 aliphatic rings. The number of urea groups is 1. The molecule has 25 heavy (non-hydrogen) atoms. The third-order valence-electron chi connectivity index (χ3n) is 4.37. The number of ether oxygens (including phenoxy) is 1. The van der Waals surface area contributed by atoms with Gasteiger partial charge in [0.25, 0.3) is 0 Å². The fourth-order valence-corrected chi connectivity index (χ4v) is 2.87. The number of piperazine rings is 1. The van der Waals surface area contributed by atoms with Gasteiger partial charge in [-0.05, 0) is 17.7 Å². The van der Waals surface area contributed by atoms with Crippen LogP contribution >= 0.6 is 0 Å². The van der Waals surface area contributed by atoms with E-state index >= 15 is 0 Å². The predicted molar refractivity (Wildman–Crippen MR) is 98.6 cm³/mol. The molecule has 2 aromatic rings. The average Bonchev–Trinajstić information content (AvgIpc) is 2.68. The molecule has 1 fully saturated rings. The van der Waals surface area contributed by atoms with Crippen LogP contribution in [-0.2, 0) is 6.54 Å². The van der Waals surface area contributed by atoms with Crippen molar-refractivity contribution in [1.82, 2.24) is 15.1 Å². The zero-order chi connectivity index (χ0) is 17.3. The lowest BCUT2D eigenvalue weighted by atomic mass is 10.2. The molecule has 0 atom stereocenters. The van der Waals surface area contributed by atoms with E-state index in [0.29, 0.717) is 13.2 Å². The topological polar surface area (TPSA) is 44.8 Å². The van der Waals surface area contributed by atoms with Crippen LogP contribution in [0.3, 0.4) is 0 Å². The minimum atomic E-state index is 0.0176. The standard InChI is InChI=1S/C20H25N3O2/c24-20(21-17-18-7-3-1-4-8-18)23-13-11-22(12-14-23)15-16-25-19-9-5-2-6-10-19/h1-10H,11-17H2,(H,21,24). The fourth-order valence-electron chi connectivity index (χ4n) is 2.87. The smallest absolute Gasteiger partial charge is 0.317 e. The van der Waals surface area contributed by atoms with Gasteiger partial charge in [0, 0.05) is 39.3 Å². The molecule has 0 saturated carbocycles. The Morgan fingerprint density at radius 1 is 0.920 bits per heavy atom. The molecule has 1 aliphatic heterocycles. The molecule has 0 radical (unpaired) electrons. The van der Waals surface area contributed by atoms with Gasteiger partial charge in [0.15, 0.2) is 0 Å². The molecule has 132 valence electrons. The van der Waals surface area contributed by atoms with E-state index in [1.807, 2.05) is 65.6 Å². The number of rotatable bonds is 6. The second-order valence-corrected chi connectivity index (χ2v) is 6.13. The SMILES string of the molecule is O=C(NCc1ccccc1)N1CCN(CCOc2ccccc2)CC1. The molecule has 0 aliphatic carbocycles. The van der Waals surface area contributed by atoms with Gasteiger partial charge in [-0.25, -0.2) is 4.79 Å². The van der Waals surface area contributed by atoms with Crippen molar-refractivity contribution in [3.8, 4) is 5.75 Å². The number of hydrogen-bond acceptors (Lipinski definition) is 3. The summed E-state index contributed by atoms with van der Waals surface area (Å²) in [7, 11) is 0. The number of hydrogen-bond donors (Lipinski definition) is 1. The molecule has 2 amide bonds. The van der Waals surface area contributed by atoms with E-state index < -0.39 is 0 Å². The van der Waals surface area contributed by atoms with Crippen molar-refractivity contribution in [2.45, 2.75) is 6.54 Å². The van der Waals surface area contributed by atoms with Gasteiger partial charge in [-0.1, -0.05) is 48.5 Å². The van der Waals surface area contributed by atoms with Gasteiger partial charge < -0.3 is 15.0 Å². The highest BCUT2D eigenvalue weighted by Gasteiger charge is 2.20. The molecule has 0 aromatic heterocycles. The summed E-state index contributed by atoms with van der Waals surface area (Å²) in [6.07, 6.45) is 0. The van der Waals surface area contributed by atoms with Crippen LogP contribution in [0.4, 0.5) is 4.79 Å². The first-order valence-corrected chi connectivity index (χ1v) is 8.78. The average molecular weight is 339 g/mol. The molecule has 1 heterocycles. The number of amides is 2. The summed E-state index contributed by atoms with van der Waals surface area (Å²) in [5.41, 5.74) is 1.12. The van der Waals surface area contributed by atoms with Crippen LogP contribution in [0, 0.1) is 0 Å². The molecule has 3 rings (SSSR count). The monoisotopic (exact) mass is 339 g/mol. The van der Waals surface area contributed by atoms with Crippen LogP contribution in [-0.4, -0.2) is 55.2 Å². The molecule has 0 unspecified atom stereocenters. The van der Waals surface area contributed by atoms with E-state index in [1.54, 1.807) is 0 Å². The highest BCUT2D eigenvalue weighted by Crippen LogP contribution is 2.09. The maximum absolute atomic E-state index is 12.2. The van der Waals surface area contributed by atoms with Crippen molar-refractivity contribution in [2.75, 3.05) is 39.3 Å². The second kappa shape index (κ2) is 9.08. The number of benzene rings is 2. The molecule has 0 spiro atoms. The first-order chi connectivity index (χ1) is 12.3. The highest BCUT2D eigenvalue weighted by atomic mass is 16.5. The third kappa shape index (κ3) is 5.50. The Morgan fingerprint density at radius 3 is 2.24 bits per heavy atom. The molecular weight excluding hydrogens is 314 g/mol. The van der Waals surface area contributed by atoms with Crippen molar-refractivity contribution >= 4 is 6.03 Å². The van der Waals surface area contributed by atoms with Crippen LogP contribution in [0.1, 0.15) is 5.56 Å². The molecule has 5 nitrogen and oxygen atoms in total. The van der Waals surface area contributed by atoms with Gasteiger partial charge in [0.1, 0.15) is 12.4 Å². The van der Waals surface area contributed by atoms with E-state index in [0.717, 1.165) is 44.0 Å². The number of nitrogens with one attached hydrogen (secondary N) is 1. The zero-order valence-electron chi connectivity index (χ0n) is 14.4. The summed E-state index contributed by atoms with van der Waals surface area (Å²) < 4.78 is 5.74. The summed E-state index contributed by atoms with van der Waals surface area (Å²) in [6, 6.07) is 19.9. The fraction of sp³-hybridized carbons (Fsp3) is 0.350. The molecule has 0 bridgehead atoms. The van der Waals surface area contributed by atoms with E-state index in [-0.39, 0.29) is 6.03 Å². The van der Waals surface area contributed by atoms with Gasteiger partial charge in [0.05, 0.1) is 0 Å². The van der Waals surface area contributed by atoms with Gasteiger partial charge in [0.2, 0.25) is 0 Å². The number of para-hydroxylation sites is 1. The Balaban J connectivity index is 1.33. The Bertz CT molecular complexity index is 641. The van der Waals surface area contributed by atoms with Crippen molar-refractivity contribution in [1.29, 1.82) is 0 Å². The van der Waals surface area contributed by atoms with Crippen LogP contribution in [0.5, 0.6) is 5.75 Å². The van der Waals surface area contributed by atoms with Gasteiger partial charge in [-0.3, -0.25) is 4.90 Å². The van der Waals surface area contributed by atoms with E-state index in [1.165, 1.54) is 0 Å². The summed E-state index contributed by atoms with van der Waals surface area (Å²) in [5, 5.41) is 2.99. The summed E-state index contributed by atoms with van der Waals surface area (Å²) in [4.78, 5) is 16.5. The minimum Gasteiger partial charge on any atom is -0.492 e. The Labute approximate surface area is 149 Å². The molecule has 1 saturated heterocycles. The number of nitrogens with zero attached hydrogens (tertiary/aromatic N) is 2. The van der Waals surface area contributed by atoms with Gasteiger partial charge >= 0.3 is 6.03 Å². The van der Waals surface area contributed by atoms with E-state index in [9.17, 15) is 4.79 Å². The van der Waals surface area contributed by atoms with Crippen LogP contribution in [0.25, 0.3) is 0 Å². The lowest BCUT2D eigenvalue weighted by Crippen LogP contribution is -2.52. The third-order valence-corrected chi connectivity index (χ3v) is 4.37. The molecular formula is C20H25N3O2. The van der Waals surface area contributed by atoms with Crippen molar-refractivity contribution in [3.05, 3.63) is 66.2 Å². The first-order valence-electron chi connectivity index (χ1n) is 8.78. The molecule has 1 N–H and O–H groups in total. The second-order valence-electron chi connectivity index (χ2n) is 6.13. The quantitative estimate of drug-likeness (QED) is 0.880. The van der Waals surface area contributed by atoms with E-state index in [2.05, 4.69) is 10.2 Å². The first kappa shape index (κ1) is 17.3. The summed E-state index contributed by atoms with van der Waals surface area (Å²) in [5.74, 6) is 0.904. The van der Waals surface area contributed by atoms with Crippen LogP contribution in [0.2, 0.25) is 0 Å². The maximum Gasteiger partial charge on any atom is 0.317 e. The largest absolute Gasteiger partial charge is 0.492 e. The Hall–Kier alpha value is -2.53. The molecule has 5 heteroatoms. The predicted octanol–water partition coefficient (Wildman–Crippen LogP) is 2.59. The Morgan fingerprint density at radius 2 is 1.56 bits per heavy atom. The zero-order valence-corrected chi connectivity index (χ0v) is 14.4. The molecule has 2 aromatic carbocycles. The van der Waals surface area contributed by atoms with Crippen molar-refractivity contribution in [2.24, 2.45) is 0 Å². The lowest BCUT2D eigenvalue weighted by molar-refractivity contribution is 0.126. The van der Waals surface area contributed by atoms with Crippen LogP contribution < -0.4 is 10.1 Å². The summed E-state index contributed by atoms with van der Waals surface area (Å²) in [6.45, 7) is 5.41. The van der Waals surface area contributed by atoms with Gasteiger partial charge in [-0.15, -0.1) is 0 Å². The summed E-state index contributed by atoms with van der Waals surface area (Å²) >= 11 is 0. The van der Waals surface area contributed by atoms with Gasteiger partial charge in [-0.2, -0.15) is 0 Å². The van der Waals surface area contributed by atoms with Crippen molar-refractivity contribution in [3.63, 3.8) is 0 Å².